The molecular weight excluding hydrogens is 258 g/mol. The largest absolute Gasteiger partial charge is 0.348 e. The Morgan fingerprint density at radius 2 is 2.32 bits per heavy atom. The summed E-state index contributed by atoms with van der Waals surface area (Å²) in [4.78, 5) is 12.5. The van der Waals surface area contributed by atoms with Crippen LogP contribution in [0.5, 0.6) is 0 Å². The van der Waals surface area contributed by atoms with Crippen molar-refractivity contribution < 1.29 is 0 Å². The first-order valence-electron chi connectivity index (χ1n) is 6.37. The molecule has 1 aliphatic rings. The van der Waals surface area contributed by atoms with E-state index in [1.807, 2.05) is 13.0 Å². The SMILES string of the molecule is Cc1nc(NN)cc(N(Cc2cccs2)C2CC2)n1. The van der Waals surface area contributed by atoms with Crippen LogP contribution in [0, 0.1) is 6.92 Å². The number of rotatable bonds is 5. The van der Waals surface area contributed by atoms with Crippen molar-refractivity contribution in [3.63, 3.8) is 0 Å². The highest BCUT2D eigenvalue weighted by Crippen LogP contribution is 2.33. The summed E-state index contributed by atoms with van der Waals surface area (Å²) in [6.07, 6.45) is 2.47. The average molecular weight is 275 g/mol. The zero-order valence-electron chi connectivity index (χ0n) is 10.8. The second-order valence-electron chi connectivity index (χ2n) is 4.74. The lowest BCUT2D eigenvalue weighted by molar-refractivity contribution is 0.779. The number of hydrazine groups is 1. The summed E-state index contributed by atoms with van der Waals surface area (Å²) in [5.74, 6) is 7.82. The molecule has 6 heteroatoms. The minimum atomic E-state index is 0.599. The molecule has 2 aromatic rings. The van der Waals surface area contributed by atoms with Crippen molar-refractivity contribution in [3.8, 4) is 0 Å². The Morgan fingerprint density at radius 1 is 1.47 bits per heavy atom. The average Bonchev–Trinajstić information content (AvgIpc) is 3.12. The van der Waals surface area contributed by atoms with Gasteiger partial charge in [-0.3, -0.25) is 0 Å². The molecule has 0 unspecified atom stereocenters. The summed E-state index contributed by atoms with van der Waals surface area (Å²) in [5, 5.41) is 2.11. The van der Waals surface area contributed by atoms with Gasteiger partial charge in [-0.05, 0) is 31.2 Å². The molecule has 0 aromatic carbocycles. The van der Waals surface area contributed by atoms with Crippen molar-refractivity contribution >= 4 is 23.0 Å². The molecule has 100 valence electrons. The molecule has 2 heterocycles. The van der Waals surface area contributed by atoms with Crippen LogP contribution in [0.2, 0.25) is 0 Å². The fourth-order valence-corrected chi connectivity index (χ4v) is 2.83. The third-order valence-corrected chi connectivity index (χ3v) is 4.02. The van der Waals surface area contributed by atoms with E-state index < -0.39 is 0 Å². The molecule has 1 aliphatic carbocycles. The Morgan fingerprint density at radius 3 is 2.95 bits per heavy atom. The Labute approximate surface area is 116 Å². The summed E-state index contributed by atoms with van der Waals surface area (Å²) in [6, 6.07) is 6.76. The smallest absolute Gasteiger partial charge is 0.145 e. The van der Waals surface area contributed by atoms with Gasteiger partial charge in [0.05, 0.1) is 6.54 Å². The van der Waals surface area contributed by atoms with E-state index in [-0.39, 0.29) is 0 Å². The van der Waals surface area contributed by atoms with Crippen LogP contribution in [0.15, 0.2) is 23.6 Å². The first-order valence-corrected chi connectivity index (χ1v) is 7.25. The van der Waals surface area contributed by atoms with E-state index in [9.17, 15) is 0 Å². The minimum absolute atomic E-state index is 0.599. The number of aryl methyl sites for hydroxylation is 1. The molecule has 0 saturated heterocycles. The topological polar surface area (TPSA) is 67.1 Å². The fraction of sp³-hybridized carbons (Fsp3) is 0.385. The normalized spacial score (nSPS) is 14.4. The van der Waals surface area contributed by atoms with Crippen molar-refractivity contribution in [2.24, 2.45) is 5.84 Å². The zero-order chi connectivity index (χ0) is 13.2. The maximum absolute atomic E-state index is 5.46. The van der Waals surface area contributed by atoms with Crippen molar-refractivity contribution in [2.45, 2.75) is 32.4 Å². The predicted molar refractivity (Wildman–Crippen MR) is 78.1 cm³/mol. The molecule has 2 aromatic heterocycles. The van der Waals surface area contributed by atoms with Crippen molar-refractivity contribution in [2.75, 3.05) is 10.3 Å². The number of nitrogens with one attached hydrogen (secondary N) is 1. The van der Waals surface area contributed by atoms with E-state index in [0.29, 0.717) is 11.9 Å². The lowest BCUT2D eigenvalue weighted by Gasteiger charge is -2.23. The quantitative estimate of drug-likeness (QED) is 0.647. The molecule has 0 bridgehead atoms. The van der Waals surface area contributed by atoms with Gasteiger partial charge in [0.2, 0.25) is 0 Å². The predicted octanol–water partition coefficient (Wildman–Crippen LogP) is 2.30. The monoisotopic (exact) mass is 275 g/mol. The summed E-state index contributed by atoms with van der Waals surface area (Å²) >= 11 is 1.78. The van der Waals surface area contributed by atoms with Gasteiger partial charge in [0.25, 0.3) is 0 Å². The van der Waals surface area contributed by atoms with E-state index in [1.54, 1.807) is 11.3 Å². The Balaban J connectivity index is 1.89. The molecule has 3 rings (SSSR count). The highest BCUT2D eigenvalue weighted by molar-refractivity contribution is 7.09. The van der Waals surface area contributed by atoms with E-state index >= 15 is 0 Å². The molecular formula is C13H17N5S. The number of hydrogen-bond donors (Lipinski definition) is 2. The second kappa shape index (κ2) is 5.14. The highest BCUT2D eigenvalue weighted by atomic mass is 32.1. The van der Waals surface area contributed by atoms with Gasteiger partial charge in [-0.1, -0.05) is 6.07 Å². The molecule has 0 amide bonds. The minimum Gasteiger partial charge on any atom is -0.348 e. The Hall–Kier alpha value is -1.66. The van der Waals surface area contributed by atoms with Gasteiger partial charge < -0.3 is 10.3 Å². The number of thiophene rings is 1. The molecule has 5 nitrogen and oxygen atoms in total. The van der Waals surface area contributed by atoms with Crippen LogP contribution in [-0.4, -0.2) is 16.0 Å². The summed E-state index contributed by atoms with van der Waals surface area (Å²) in [6.45, 7) is 2.79. The molecule has 0 aliphatic heterocycles. The zero-order valence-corrected chi connectivity index (χ0v) is 11.7. The first-order chi connectivity index (χ1) is 9.26. The van der Waals surface area contributed by atoms with Crippen LogP contribution in [0.4, 0.5) is 11.6 Å². The number of anilines is 2. The van der Waals surface area contributed by atoms with E-state index in [4.69, 9.17) is 5.84 Å². The molecule has 1 saturated carbocycles. The lowest BCUT2D eigenvalue weighted by atomic mass is 10.3. The van der Waals surface area contributed by atoms with E-state index in [1.165, 1.54) is 17.7 Å². The number of nitrogens with two attached hydrogens (primary N) is 1. The number of nitrogens with zero attached hydrogens (tertiary/aromatic N) is 3. The van der Waals surface area contributed by atoms with Crippen LogP contribution < -0.4 is 16.2 Å². The van der Waals surface area contributed by atoms with Crippen molar-refractivity contribution in [3.05, 3.63) is 34.3 Å². The Bertz CT molecular complexity index is 550. The lowest BCUT2D eigenvalue weighted by Crippen LogP contribution is -2.26. The second-order valence-corrected chi connectivity index (χ2v) is 5.77. The van der Waals surface area contributed by atoms with Gasteiger partial charge in [0, 0.05) is 17.0 Å². The van der Waals surface area contributed by atoms with Gasteiger partial charge in [-0.15, -0.1) is 11.3 Å². The molecule has 1 fully saturated rings. The summed E-state index contributed by atoms with van der Waals surface area (Å²) in [7, 11) is 0. The highest BCUT2D eigenvalue weighted by Gasteiger charge is 2.30. The van der Waals surface area contributed by atoms with Gasteiger partial charge in [-0.25, -0.2) is 15.8 Å². The fourth-order valence-electron chi connectivity index (χ4n) is 2.13. The molecule has 3 N–H and O–H groups in total. The molecule has 19 heavy (non-hydrogen) atoms. The van der Waals surface area contributed by atoms with Crippen LogP contribution in [0.1, 0.15) is 23.5 Å². The van der Waals surface area contributed by atoms with Crippen molar-refractivity contribution in [1.29, 1.82) is 0 Å². The van der Waals surface area contributed by atoms with E-state index in [0.717, 1.165) is 18.2 Å². The number of nitrogen functional groups attached to an aromatic ring is 1. The van der Waals surface area contributed by atoms with Crippen molar-refractivity contribution in [1.82, 2.24) is 9.97 Å². The number of aromatic nitrogens is 2. The summed E-state index contributed by atoms with van der Waals surface area (Å²) in [5.41, 5.74) is 2.61. The first kappa shape index (κ1) is 12.4. The summed E-state index contributed by atoms with van der Waals surface area (Å²) < 4.78 is 0. The molecule has 0 radical (unpaired) electrons. The maximum atomic E-state index is 5.46. The standard InChI is InChI=1S/C13H17N5S/c1-9-15-12(17-14)7-13(16-9)18(10-4-5-10)8-11-3-2-6-19-11/h2-3,6-7,10H,4-5,8,14H2,1H3,(H,15,16,17). The van der Waals surface area contributed by atoms with Gasteiger partial charge in [0.1, 0.15) is 17.5 Å². The van der Waals surface area contributed by atoms with Crippen LogP contribution in [-0.2, 0) is 6.54 Å². The van der Waals surface area contributed by atoms with Gasteiger partial charge in [-0.2, -0.15) is 0 Å². The van der Waals surface area contributed by atoms with E-state index in [2.05, 4.69) is 37.8 Å². The maximum Gasteiger partial charge on any atom is 0.145 e. The third kappa shape index (κ3) is 2.85. The Kier molecular flexibility index (Phi) is 3.35. The number of hydrogen-bond acceptors (Lipinski definition) is 6. The van der Waals surface area contributed by atoms with Gasteiger partial charge in [0.15, 0.2) is 0 Å². The molecule has 0 atom stereocenters. The van der Waals surface area contributed by atoms with Crippen LogP contribution in [0.25, 0.3) is 0 Å². The van der Waals surface area contributed by atoms with Gasteiger partial charge >= 0.3 is 0 Å². The molecule has 0 spiro atoms. The van der Waals surface area contributed by atoms with Crippen LogP contribution in [0.3, 0.4) is 0 Å². The third-order valence-electron chi connectivity index (χ3n) is 3.16. The van der Waals surface area contributed by atoms with Crippen LogP contribution >= 0.6 is 11.3 Å².